The molecule has 0 aliphatic heterocycles. The Kier molecular flexibility index (Phi) is 5.09. The van der Waals surface area contributed by atoms with Crippen LogP contribution in [0, 0.1) is 0 Å². The monoisotopic (exact) mass is 352 g/mol. The number of aromatic nitrogens is 4. The van der Waals surface area contributed by atoms with E-state index in [4.69, 9.17) is 11.6 Å². The molecule has 0 spiro atoms. The molecular weight excluding hydrogens is 332 g/mol. The van der Waals surface area contributed by atoms with Gasteiger partial charge in [-0.2, -0.15) is 0 Å². The zero-order valence-corrected chi connectivity index (χ0v) is 15.6. The Bertz CT molecular complexity index is 830. The second kappa shape index (κ2) is 7.28. The SMILES string of the molecule is CC(C)c1nc(-c2ccc(-c3ccc(Cl)cc3)nc2)nc(C(C)C)n1. The van der Waals surface area contributed by atoms with E-state index in [-0.39, 0.29) is 11.8 Å². The average Bonchev–Trinajstić information content (AvgIpc) is 2.62. The summed E-state index contributed by atoms with van der Waals surface area (Å²) >= 11 is 5.94. The third-order valence-corrected chi connectivity index (χ3v) is 4.12. The maximum atomic E-state index is 5.94. The highest BCUT2D eigenvalue weighted by Crippen LogP contribution is 2.24. The van der Waals surface area contributed by atoms with Crippen LogP contribution in [0.1, 0.15) is 51.2 Å². The molecule has 0 saturated heterocycles. The van der Waals surface area contributed by atoms with Gasteiger partial charge < -0.3 is 0 Å². The molecule has 3 rings (SSSR count). The molecule has 0 N–H and O–H groups in total. The minimum atomic E-state index is 0.251. The second-order valence-electron chi connectivity index (χ2n) is 6.62. The van der Waals surface area contributed by atoms with Crippen molar-refractivity contribution in [2.24, 2.45) is 0 Å². The molecule has 128 valence electrons. The van der Waals surface area contributed by atoms with Crippen LogP contribution in [0.2, 0.25) is 5.02 Å². The van der Waals surface area contributed by atoms with Gasteiger partial charge in [0.15, 0.2) is 5.82 Å². The van der Waals surface area contributed by atoms with Gasteiger partial charge in [0.25, 0.3) is 0 Å². The Morgan fingerprint density at radius 1 is 0.720 bits per heavy atom. The van der Waals surface area contributed by atoms with Crippen molar-refractivity contribution in [3.05, 3.63) is 59.3 Å². The van der Waals surface area contributed by atoms with E-state index in [9.17, 15) is 0 Å². The van der Waals surface area contributed by atoms with Gasteiger partial charge in [0, 0.05) is 34.2 Å². The molecule has 0 aliphatic carbocycles. The number of benzene rings is 1. The van der Waals surface area contributed by atoms with Crippen molar-refractivity contribution in [1.82, 2.24) is 19.9 Å². The second-order valence-corrected chi connectivity index (χ2v) is 7.06. The molecule has 0 fully saturated rings. The van der Waals surface area contributed by atoms with E-state index in [0.717, 1.165) is 28.5 Å². The molecule has 1 aromatic carbocycles. The molecule has 3 aromatic rings. The molecule has 2 heterocycles. The Balaban J connectivity index is 1.98. The van der Waals surface area contributed by atoms with E-state index >= 15 is 0 Å². The summed E-state index contributed by atoms with van der Waals surface area (Å²) in [5, 5.41) is 0.716. The van der Waals surface area contributed by atoms with Gasteiger partial charge in [0.2, 0.25) is 0 Å². The van der Waals surface area contributed by atoms with Crippen molar-refractivity contribution in [2.75, 3.05) is 0 Å². The van der Waals surface area contributed by atoms with Crippen molar-refractivity contribution >= 4 is 11.6 Å². The maximum Gasteiger partial charge on any atom is 0.164 e. The van der Waals surface area contributed by atoms with Crippen LogP contribution in [0.25, 0.3) is 22.6 Å². The summed E-state index contributed by atoms with van der Waals surface area (Å²) in [4.78, 5) is 18.4. The standard InChI is InChI=1S/C20H21ClN4/c1-12(2)18-23-19(13(3)4)25-20(24-18)15-7-10-17(22-11-15)14-5-8-16(21)9-6-14/h5-13H,1-4H3. The Morgan fingerprint density at radius 2 is 1.28 bits per heavy atom. The van der Waals surface area contributed by atoms with Crippen LogP contribution in [-0.4, -0.2) is 19.9 Å². The average molecular weight is 353 g/mol. The molecule has 0 aliphatic rings. The number of nitrogens with zero attached hydrogens (tertiary/aromatic N) is 4. The smallest absolute Gasteiger partial charge is 0.164 e. The number of hydrogen-bond acceptors (Lipinski definition) is 4. The third-order valence-electron chi connectivity index (χ3n) is 3.86. The fourth-order valence-electron chi connectivity index (χ4n) is 2.37. The van der Waals surface area contributed by atoms with Gasteiger partial charge in [0.1, 0.15) is 11.6 Å². The summed E-state index contributed by atoms with van der Waals surface area (Å²) in [6.07, 6.45) is 1.81. The number of rotatable bonds is 4. The van der Waals surface area contributed by atoms with E-state index in [2.05, 4.69) is 47.6 Å². The lowest BCUT2D eigenvalue weighted by molar-refractivity contribution is 0.697. The van der Waals surface area contributed by atoms with Gasteiger partial charge in [-0.1, -0.05) is 51.4 Å². The highest BCUT2D eigenvalue weighted by molar-refractivity contribution is 6.30. The molecule has 0 unspecified atom stereocenters. The molecule has 0 atom stereocenters. The zero-order valence-electron chi connectivity index (χ0n) is 14.9. The van der Waals surface area contributed by atoms with Gasteiger partial charge >= 0.3 is 0 Å². The topological polar surface area (TPSA) is 51.6 Å². The molecule has 0 saturated carbocycles. The summed E-state index contributed by atoms with van der Waals surface area (Å²) in [5.74, 6) is 2.81. The first-order chi connectivity index (χ1) is 11.9. The molecule has 0 amide bonds. The predicted octanol–water partition coefficient (Wildman–Crippen LogP) is 5.50. The molecule has 2 aromatic heterocycles. The Labute approximate surface area is 153 Å². The van der Waals surface area contributed by atoms with Crippen molar-refractivity contribution in [3.63, 3.8) is 0 Å². The van der Waals surface area contributed by atoms with Crippen LogP contribution in [-0.2, 0) is 0 Å². The molecule has 25 heavy (non-hydrogen) atoms. The molecule has 0 bridgehead atoms. The number of halogens is 1. The summed E-state index contributed by atoms with van der Waals surface area (Å²) in [7, 11) is 0. The summed E-state index contributed by atoms with van der Waals surface area (Å²) in [6.45, 7) is 8.35. The van der Waals surface area contributed by atoms with E-state index in [1.807, 2.05) is 42.6 Å². The Morgan fingerprint density at radius 3 is 1.76 bits per heavy atom. The van der Waals surface area contributed by atoms with Crippen molar-refractivity contribution < 1.29 is 0 Å². The van der Waals surface area contributed by atoms with Crippen molar-refractivity contribution in [1.29, 1.82) is 0 Å². The highest BCUT2D eigenvalue weighted by Gasteiger charge is 2.13. The normalized spacial score (nSPS) is 11.3. The number of hydrogen-bond donors (Lipinski definition) is 0. The van der Waals surface area contributed by atoms with Gasteiger partial charge in [-0.05, 0) is 24.3 Å². The largest absolute Gasteiger partial charge is 0.255 e. The predicted molar refractivity (Wildman–Crippen MR) is 102 cm³/mol. The van der Waals surface area contributed by atoms with Crippen LogP contribution in [0.4, 0.5) is 0 Å². The molecule has 0 radical (unpaired) electrons. The quantitative estimate of drug-likeness (QED) is 0.622. The van der Waals surface area contributed by atoms with Gasteiger partial charge in [-0.25, -0.2) is 15.0 Å². The fourth-order valence-corrected chi connectivity index (χ4v) is 2.50. The lowest BCUT2D eigenvalue weighted by Crippen LogP contribution is -2.08. The van der Waals surface area contributed by atoms with Crippen LogP contribution in [0.5, 0.6) is 0 Å². The zero-order chi connectivity index (χ0) is 18.0. The molecule has 5 heteroatoms. The maximum absolute atomic E-state index is 5.94. The van der Waals surface area contributed by atoms with E-state index in [0.29, 0.717) is 10.8 Å². The van der Waals surface area contributed by atoms with Crippen LogP contribution in [0.3, 0.4) is 0 Å². The lowest BCUT2D eigenvalue weighted by Gasteiger charge is -2.11. The fraction of sp³-hybridized carbons (Fsp3) is 0.300. The van der Waals surface area contributed by atoms with Gasteiger partial charge in [0.05, 0.1) is 5.69 Å². The summed E-state index contributed by atoms with van der Waals surface area (Å²) in [5.41, 5.74) is 2.81. The summed E-state index contributed by atoms with van der Waals surface area (Å²) < 4.78 is 0. The minimum Gasteiger partial charge on any atom is -0.255 e. The van der Waals surface area contributed by atoms with Crippen molar-refractivity contribution in [2.45, 2.75) is 39.5 Å². The van der Waals surface area contributed by atoms with Crippen molar-refractivity contribution in [3.8, 4) is 22.6 Å². The van der Waals surface area contributed by atoms with Gasteiger partial charge in [-0.3, -0.25) is 4.98 Å². The van der Waals surface area contributed by atoms with Crippen LogP contribution >= 0.6 is 11.6 Å². The van der Waals surface area contributed by atoms with Crippen LogP contribution in [0.15, 0.2) is 42.6 Å². The summed E-state index contributed by atoms with van der Waals surface area (Å²) in [6, 6.07) is 11.6. The lowest BCUT2D eigenvalue weighted by atomic mass is 10.1. The highest BCUT2D eigenvalue weighted by atomic mass is 35.5. The van der Waals surface area contributed by atoms with E-state index in [1.165, 1.54) is 0 Å². The number of pyridine rings is 1. The minimum absolute atomic E-state index is 0.251. The van der Waals surface area contributed by atoms with E-state index < -0.39 is 0 Å². The first-order valence-electron chi connectivity index (χ1n) is 8.42. The Hall–Kier alpha value is -2.33. The van der Waals surface area contributed by atoms with Gasteiger partial charge in [-0.15, -0.1) is 0 Å². The first kappa shape index (κ1) is 17.5. The molecule has 4 nitrogen and oxygen atoms in total. The first-order valence-corrected chi connectivity index (χ1v) is 8.80. The molecular formula is C20H21ClN4. The van der Waals surface area contributed by atoms with Crippen LogP contribution < -0.4 is 0 Å². The third kappa shape index (κ3) is 4.02. The van der Waals surface area contributed by atoms with E-state index in [1.54, 1.807) is 0 Å².